The Kier molecular flexibility index (Phi) is 0.841. The van der Waals surface area contributed by atoms with E-state index in [1.54, 1.807) is 11.1 Å². The molecule has 5 heavy (non-hydrogen) atoms. The summed E-state index contributed by atoms with van der Waals surface area (Å²) in [5.74, 6) is 0. The van der Waals surface area contributed by atoms with Crippen molar-refractivity contribution in [2.75, 3.05) is 6.54 Å². The van der Waals surface area contributed by atoms with Gasteiger partial charge in [0, 0.05) is 0 Å². The highest BCUT2D eigenvalue weighted by molar-refractivity contribution is 7.67. The molecule has 0 fully saturated rings. The normalized spacial score (nSPS) is 19.2. The Morgan fingerprint density at radius 2 is 2.80 bits per heavy atom. The van der Waals surface area contributed by atoms with E-state index in [1.165, 1.54) is 6.42 Å². The fourth-order valence-electron chi connectivity index (χ4n) is 0.264. The van der Waals surface area contributed by atoms with Crippen molar-refractivity contribution in [1.82, 2.24) is 0 Å². The van der Waals surface area contributed by atoms with Crippen LogP contribution >= 0.6 is 0 Å². The molecular weight excluding hydrogens is 82.1 g/mol. The van der Waals surface area contributed by atoms with Gasteiger partial charge in [-0.3, -0.25) is 0 Å². The summed E-state index contributed by atoms with van der Waals surface area (Å²) in [6.45, 7) is 1.03. The lowest BCUT2D eigenvalue weighted by Gasteiger charge is -1.64. The van der Waals surface area contributed by atoms with Crippen LogP contribution in [-0.4, -0.2) is 11.9 Å². The van der Waals surface area contributed by atoms with Crippen LogP contribution in [-0.2, 0) is 11.1 Å². The molecule has 0 aromatic heterocycles. The molecule has 1 aliphatic heterocycles. The molecule has 1 rings (SSSR count). The second-order valence-corrected chi connectivity index (χ2v) is 1.72. The summed E-state index contributed by atoms with van der Waals surface area (Å²) in [5.41, 5.74) is 0. The molecule has 1 aliphatic rings. The Bertz CT molecular complexity index is 72.9. The SMILES string of the molecule is C1=S=NCC1. The fourth-order valence-corrected chi connectivity index (χ4v) is 0.791. The van der Waals surface area contributed by atoms with E-state index in [2.05, 4.69) is 9.73 Å². The molecule has 0 amide bonds. The van der Waals surface area contributed by atoms with Gasteiger partial charge in [0.2, 0.25) is 0 Å². The van der Waals surface area contributed by atoms with Crippen molar-refractivity contribution in [2.24, 2.45) is 4.36 Å². The van der Waals surface area contributed by atoms with Crippen molar-refractivity contribution >= 4 is 16.5 Å². The Labute approximate surface area is 34.7 Å². The van der Waals surface area contributed by atoms with Crippen LogP contribution in [0, 0.1) is 0 Å². The van der Waals surface area contributed by atoms with Crippen LogP contribution in [0.5, 0.6) is 0 Å². The third kappa shape index (κ3) is 0.581. The van der Waals surface area contributed by atoms with Crippen LogP contribution in [0.25, 0.3) is 0 Å². The first-order chi connectivity index (χ1) is 2.50. The number of hydrogen-bond donors (Lipinski definition) is 0. The summed E-state index contributed by atoms with van der Waals surface area (Å²) in [5, 5.41) is 2.11. The summed E-state index contributed by atoms with van der Waals surface area (Å²) in [6, 6.07) is 0. The average Bonchev–Trinajstić information content (AvgIpc) is 1.76. The molecular formula is C3H5NS. The zero-order valence-electron chi connectivity index (χ0n) is 2.85. The van der Waals surface area contributed by atoms with Crippen molar-refractivity contribution in [1.29, 1.82) is 0 Å². The quantitative estimate of drug-likeness (QED) is 0.380. The molecule has 0 spiro atoms. The molecule has 0 aromatic rings. The first kappa shape index (κ1) is 3.09. The van der Waals surface area contributed by atoms with Crippen molar-refractivity contribution in [3.05, 3.63) is 0 Å². The van der Waals surface area contributed by atoms with Gasteiger partial charge in [-0.05, 0) is 11.8 Å². The van der Waals surface area contributed by atoms with Crippen molar-refractivity contribution in [2.45, 2.75) is 6.42 Å². The molecule has 0 radical (unpaired) electrons. The first-order valence-electron chi connectivity index (χ1n) is 1.64. The van der Waals surface area contributed by atoms with Gasteiger partial charge >= 0.3 is 0 Å². The van der Waals surface area contributed by atoms with Crippen LogP contribution in [0.2, 0.25) is 0 Å². The third-order valence-electron chi connectivity index (χ3n) is 0.487. The Balaban J connectivity index is 2.64. The Morgan fingerprint density at radius 1 is 1.80 bits per heavy atom. The lowest BCUT2D eigenvalue weighted by molar-refractivity contribution is 1.10. The van der Waals surface area contributed by atoms with E-state index in [9.17, 15) is 0 Å². The molecule has 1 nitrogen and oxygen atoms in total. The predicted octanol–water partition coefficient (Wildman–Crippen LogP) is 0.459. The molecule has 2 heteroatoms. The zero-order valence-corrected chi connectivity index (χ0v) is 3.66. The third-order valence-corrected chi connectivity index (χ3v) is 1.20. The predicted molar refractivity (Wildman–Crippen MR) is 25.3 cm³/mol. The van der Waals surface area contributed by atoms with Gasteiger partial charge in [-0.1, -0.05) is 11.1 Å². The van der Waals surface area contributed by atoms with E-state index >= 15 is 0 Å². The molecule has 0 aromatic carbocycles. The van der Waals surface area contributed by atoms with E-state index in [1.807, 2.05) is 0 Å². The second kappa shape index (κ2) is 1.36. The van der Waals surface area contributed by atoms with Crippen LogP contribution in [0.4, 0.5) is 0 Å². The van der Waals surface area contributed by atoms with Crippen LogP contribution in [0.1, 0.15) is 6.42 Å². The van der Waals surface area contributed by atoms with Gasteiger partial charge in [-0.2, -0.15) is 0 Å². The molecule has 0 unspecified atom stereocenters. The van der Waals surface area contributed by atoms with E-state index in [4.69, 9.17) is 0 Å². The zero-order chi connectivity index (χ0) is 3.54. The van der Waals surface area contributed by atoms with Crippen molar-refractivity contribution in [3.8, 4) is 0 Å². The van der Waals surface area contributed by atoms with Gasteiger partial charge in [0.15, 0.2) is 0 Å². The van der Waals surface area contributed by atoms with E-state index in [0.29, 0.717) is 0 Å². The lowest BCUT2D eigenvalue weighted by Crippen LogP contribution is -1.67. The highest BCUT2D eigenvalue weighted by atomic mass is 32.1. The first-order valence-corrected chi connectivity index (χ1v) is 2.48. The summed E-state index contributed by atoms with van der Waals surface area (Å²) in [7, 11) is 0. The van der Waals surface area contributed by atoms with Gasteiger partial charge in [-0.25, -0.2) is 4.36 Å². The van der Waals surface area contributed by atoms with Gasteiger partial charge in [0.05, 0.1) is 6.54 Å². The van der Waals surface area contributed by atoms with Crippen LogP contribution < -0.4 is 0 Å². The summed E-state index contributed by atoms with van der Waals surface area (Å²) < 4.78 is 3.94. The lowest BCUT2D eigenvalue weighted by atomic mass is 10.5. The van der Waals surface area contributed by atoms with Gasteiger partial charge in [0.25, 0.3) is 0 Å². The van der Waals surface area contributed by atoms with E-state index < -0.39 is 0 Å². The maximum absolute atomic E-state index is 3.94. The minimum absolute atomic E-state index is 1.03. The van der Waals surface area contributed by atoms with Crippen molar-refractivity contribution in [3.63, 3.8) is 0 Å². The van der Waals surface area contributed by atoms with E-state index in [0.717, 1.165) is 6.54 Å². The standard InChI is InChI=1S/C3H5NS/c1-2-4-5-3-1/h3H,1-2H2. The molecule has 0 bridgehead atoms. The number of nitrogens with zero attached hydrogens (tertiary/aromatic N) is 1. The fraction of sp³-hybridized carbons (Fsp3) is 0.667. The minimum Gasteiger partial charge on any atom is -0.230 e. The molecule has 1 heterocycles. The molecule has 0 saturated carbocycles. The summed E-state index contributed by atoms with van der Waals surface area (Å²) >= 11 is 1.57. The Hall–Kier alpha value is -0.110. The maximum atomic E-state index is 3.94. The molecule has 0 N–H and O–H groups in total. The van der Waals surface area contributed by atoms with Crippen LogP contribution in [0.15, 0.2) is 4.36 Å². The van der Waals surface area contributed by atoms with Crippen LogP contribution in [0.3, 0.4) is 0 Å². The largest absolute Gasteiger partial charge is 0.230 e. The molecule has 0 atom stereocenters. The molecule has 28 valence electrons. The van der Waals surface area contributed by atoms with E-state index in [-0.39, 0.29) is 0 Å². The van der Waals surface area contributed by atoms with Gasteiger partial charge < -0.3 is 0 Å². The van der Waals surface area contributed by atoms with Crippen molar-refractivity contribution < 1.29 is 0 Å². The minimum atomic E-state index is 1.03. The molecule has 0 aliphatic carbocycles. The Morgan fingerprint density at radius 3 is 3.00 bits per heavy atom. The van der Waals surface area contributed by atoms with Gasteiger partial charge in [0.1, 0.15) is 0 Å². The topological polar surface area (TPSA) is 12.4 Å². The number of rotatable bonds is 0. The highest BCUT2D eigenvalue weighted by Gasteiger charge is 1.77. The monoisotopic (exact) mass is 87.0 g/mol. The highest BCUT2D eigenvalue weighted by Crippen LogP contribution is 1.78. The molecule has 0 saturated heterocycles. The second-order valence-electron chi connectivity index (χ2n) is 0.913. The smallest absolute Gasteiger partial charge is 0.0554 e. The summed E-state index contributed by atoms with van der Waals surface area (Å²) in [6.07, 6.45) is 1.17. The van der Waals surface area contributed by atoms with Gasteiger partial charge in [-0.15, -0.1) is 0 Å². The number of hydrogen-bond acceptors (Lipinski definition) is 1. The average molecular weight is 87.1 g/mol. The summed E-state index contributed by atoms with van der Waals surface area (Å²) in [4.78, 5) is 0. The maximum Gasteiger partial charge on any atom is 0.0554 e.